The van der Waals surface area contributed by atoms with Crippen molar-refractivity contribution in [2.24, 2.45) is 0 Å². The number of hydrogen-bond donors (Lipinski definition) is 2. The number of nitrogen functional groups attached to an aromatic ring is 1. The van der Waals surface area contributed by atoms with Gasteiger partial charge in [0.05, 0.1) is 12.6 Å². The van der Waals surface area contributed by atoms with Crippen molar-refractivity contribution in [2.45, 2.75) is 31.5 Å². The fourth-order valence-electron chi connectivity index (χ4n) is 1.78. The molecule has 5 heteroatoms. The van der Waals surface area contributed by atoms with Crippen molar-refractivity contribution in [1.82, 2.24) is 14.5 Å². The van der Waals surface area contributed by atoms with Gasteiger partial charge in [0.2, 0.25) is 0 Å². The van der Waals surface area contributed by atoms with Crippen molar-refractivity contribution in [3.8, 4) is 0 Å². The van der Waals surface area contributed by atoms with Crippen molar-refractivity contribution < 1.29 is 5.11 Å². The molecule has 3 N–H and O–H groups in total. The van der Waals surface area contributed by atoms with Gasteiger partial charge in [-0.25, -0.2) is 4.98 Å². The molecule has 0 spiro atoms. The molecule has 1 unspecified atom stereocenters. The van der Waals surface area contributed by atoms with Crippen LogP contribution in [0.5, 0.6) is 0 Å². The molecule has 1 aliphatic carbocycles. The summed E-state index contributed by atoms with van der Waals surface area (Å²) in [4.78, 5) is 6.12. The average molecular weight is 210 g/mol. The number of anilines is 1. The summed E-state index contributed by atoms with van der Waals surface area (Å²) >= 11 is 0. The van der Waals surface area contributed by atoms with Crippen molar-refractivity contribution in [3.63, 3.8) is 0 Å². The minimum Gasteiger partial charge on any atom is -0.390 e. The summed E-state index contributed by atoms with van der Waals surface area (Å²) in [6.45, 7) is 1.21. The third kappa shape index (κ3) is 2.70. The highest BCUT2D eigenvalue weighted by Gasteiger charge is 2.27. The Morgan fingerprint density at radius 1 is 1.73 bits per heavy atom. The number of nitrogens with two attached hydrogens (primary N) is 1. The van der Waals surface area contributed by atoms with Gasteiger partial charge in [-0.3, -0.25) is 0 Å². The summed E-state index contributed by atoms with van der Waals surface area (Å²) in [7, 11) is 2.05. The van der Waals surface area contributed by atoms with Crippen LogP contribution in [0, 0.1) is 0 Å². The number of aromatic nitrogens is 2. The second-order valence-corrected chi connectivity index (χ2v) is 4.26. The largest absolute Gasteiger partial charge is 0.390 e. The highest BCUT2D eigenvalue weighted by Crippen LogP contribution is 2.25. The number of likely N-dealkylation sites (N-methyl/N-ethyl adjacent to an activating group) is 1. The van der Waals surface area contributed by atoms with E-state index in [9.17, 15) is 5.11 Å². The Kier molecular flexibility index (Phi) is 2.93. The first-order valence-electron chi connectivity index (χ1n) is 5.31. The lowest BCUT2D eigenvalue weighted by molar-refractivity contribution is 0.107. The number of rotatable bonds is 5. The molecule has 1 aromatic rings. The molecule has 1 atom stereocenters. The van der Waals surface area contributed by atoms with Gasteiger partial charge >= 0.3 is 0 Å². The van der Waals surface area contributed by atoms with E-state index in [0.29, 0.717) is 25.1 Å². The van der Waals surface area contributed by atoms with E-state index >= 15 is 0 Å². The van der Waals surface area contributed by atoms with Gasteiger partial charge in [-0.05, 0) is 19.9 Å². The number of aliphatic hydroxyl groups excluding tert-OH is 1. The molecule has 1 heterocycles. The lowest BCUT2D eigenvalue weighted by Gasteiger charge is -2.20. The molecule has 0 radical (unpaired) electrons. The van der Waals surface area contributed by atoms with Crippen LogP contribution < -0.4 is 5.73 Å². The van der Waals surface area contributed by atoms with Crippen LogP contribution >= 0.6 is 0 Å². The van der Waals surface area contributed by atoms with Crippen LogP contribution in [0.15, 0.2) is 12.4 Å². The molecule has 0 saturated heterocycles. The minimum absolute atomic E-state index is 0.382. The summed E-state index contributed by atoms with van der Waals surface area (Å²) in [5.74, 6) is 0.461. The Bertz CT molecular complexity index is 321. The summed E-state index contributed by atoms with van der Waals surface area (Å²) in [5.41, 5.74) is 5.62. The molecule has 1 fully saturated rings. The SMILES string of the molecule is CN(CC(O)Cn1ccnc1N)C1CC1. The third-order valence-electron chi connectivity index (χ3n) is 2.82. The van der Waals surface area contributed by atoms with Crippen LogP contribution in [0.2, 0.25) is 0 Å². The normalized spacial score (nSPS) is 18.3. The van der Waals surface area contributed by atoms with E-state index in [0.717, 1.165) is 0 Å². The Morgan fingerprint density at radius 2 is 2.47 bits per heavy atom. The number of nitrogens with zero attached hydrogens (tertiary/aromatic N) is 3. The monoisotopic (exact) mass is 210 g/mol. The lowest BCUT2D eigenvalue weighted by Crippen LogP contribution is -2.33. The van der Waals surface area contributed by atoms with Crippen molar-refractivity contribution in [2.75, 3.05) is 19.3 Å². The molecular formula is C10H18N4O. The number of aliphatic hydroxyl groups is 1. The van der Waals surface area contributed by atoms with Gasteiger partial charge in [0.1, 0.15) is 0 Å². The maximum absolute atomic E-state index is 9.85. The minimum atomic E-state index is -0.382. The van der Waals surface area contributed by atoms with E-state index in [2.05, 4.69) is 16.9 Å². The fraction of sp³-hybridized carbons (Fsp3) is 0.700. The Morgan fingerprint density at radius 3 is 3.00 bits per heavy atom. The van der Waals surface area contributed by atoms with Gasteiger partial charge in [-0.1, -0.05) is 0 Å². The summed E-state index contributed by atoms with van der Waals surface area (Å²) in [6, 6.07) is 0.680. The molecule has 0 aromatic carbocycles. The molecule has 0 amide bonds. The van der Waals surface area contributed by atoms with Gasteiger partial charge in [0, 0.05) is 25.0 Å². The Hall–Kier alpha value is -1.07. The first-order valence-corrected chi connectivity index (χ1v) is 5.31. The van der Waals surface area contributed by atoms with Crippen LogP contribution in [0.25, 0.3) is 0 Å². The average Bonchev–Trinajstić information content (AvgIpc) is 2.94. The molecule has 84 valence electrons. The first kappa shape index (κ1) is 10.4. The van der Waals surface area contributed by atoms with E-state index in [1.165, 1.54) is 12.8 Å². The summed E-state index contributed by atoms with van der Waals surface area (Å²) in [5, 5.41) is 9.85. The molecule has 1 aromatic heterocycles. The van der Waals surface area contributed by atoms with E-state index in [1.807, 2.05) is 0 Å². The second kappa shape index (κ2) is 4.20. The topological polar surface area (TPSA) is 67.3 Å². The number of hydrogen-bond acceptors (Lipinski definition) is 4. The molecule has 0 aliphatic heterocycles. The van der Waals surface area contributed by atoms with Crippen LogP contribution in [0.1, 0.15) is 12.8 Å². The van der Waals surface area contributed by atoms with Crippen LogP contribution in [-0.2, 0) is 6.54 Å². The molecule has 2 rings (SSSR count). The maximum atomic E-state index is 9.85. The van der Waals surface area contributed by atoms with E-state index in [4.69, 9.17) is 5.73 Å². The molecule has 1 saturated carbocycles. The van der Waals surface area contributed by atoms with E-state index in [-0.39, 0.29) is 6.10 Å². The van der Waals surface area contributed by atoms with Gasteiger partial charge in [0.15, 0.2) is 5.95 Å². The predicted octanol–water partition coefficient (Wildman–Crippen LogP) is -0.0796. The number of imidazole rings is 1. The van der Waals surface area contributed by atoms with Crippen molar-refractivity contribution >= 4 is 5.95 Å². The Balaban J connectivity index is 1.81. The quantitative estimate of drug-likeness (QED) is 0.713. The first-order chi connectivity index (χ1) is 7.16. The predicted molar refractivity (Wildman–Crippen MR) is 58.3 cm³/mol. The highest BCUT2D eigenvalue weighted by molar-refractivity contribution is 5.16. The van der Waals surface area contributed by atoms with Crippen LogP contribution in [0.4, 0.5) is 5.95 Å². The summed E-state index contributed by atoms with van der Waals surface area (Å²) < 4.78 is 1.77. The van der Waals surface area contributed by atoms with Crippen LogP contribution in [-0.4, -0.2) is 45.3 Å². The van der Waals surface area contributed by atoms with Gasteiger partial charge in [-0.15, -0.1) is 0 Å². The zero-order valence-corrected chi connectivity index (χ0v) is 9.00. The maximum Gasteiger partial charge on any atom is 0.200 e. The molecule has 5 nitrogen and oxygen atoms in total. The zero-order valence-electron chi connectivity index (χ0n) is 9.00. The highest BCUT2D eigenvalue weighted by atomic mass is 16.3. The van der Waals surface area contributed by atoms with Gasteiger partial charge in [-0.2, -0.15) is 0 Å². The third-order valence-corrected chi connectivity index (χ3v) is 2.82. The Labute approximate surface area is 89.5 Å². The van der Waals surface area contributed by atoms with Gasteiger partial charge < -0.3 is 20.3 Å². The zero-order chi connectivity index (χ0) is 10.8. The molecule has 15 heavy (non-hydrogen) atoms. The van der Waals surface area contributed by atoms with E-state index < -0.39 is 0 Å². The van der Waals surface area contributed by atoms with Crippen molar-refractivity contribution in [3.05, 3.63) is 12.4 Å². The molecule has 1 aliphatic rings. The van der Waals surface area contributed by atoms with E-state index in [1.54, 1.807) is 17.0 Å². The molecule has 0 bridgehead atoms. The second-order valence-electron chi connectivity index (χ2n) is 4.26. The van der Waals surface area contributed by atoms with Gasteiger partial charge in [0.25, 0.3) is 0 Å². The standard InChI is InChI=1S/C10H18N4O/c1-13(8-2-3-8)6-9(15)7-14-5-4-12-10(14)11/h4-5,8-9,15H,2-3,6-7H2,1H3,(H2,11,12). The van der Waals surface area contributed by atoms with Crippen molar-refractivity contribution in [1.29, 1.82) is 0 Å². The summed E-state index contributed by atoms with van der Waals surface area (Å²) in [6.07, 6.45) is 5.57. The smallest absolute Gasteiger partial charge is 0.200 e. The fourth-order valence-corrected chi connectivity index (χ4v) is 1.78. The van der Waals surface area contributed by atoms with Crippen LogP contribution in [0.3, 0.4) is 0 Å². The lowest BCUT2D eigenvalue weighted by atomic mass is 10.3. The molecular weight excluding hydrogens is 192 g/mol.